The first-order valence-electron chi connectivity index (χ1n) is 52.8. The van der Waals surface area contributed by atoms with Gasteiger partial charge in [0.1, 0.15) is 0 Å². The van der Waals surface area contributed by atoms with Gasteiger partial charge in [0.25, 0.3) is 0 Å². The van der Waals surface area contributed by atoms with Crippen molar-refractivity contribution in [3.8, 4) is 0 Å². The van der Waals surface area contributed by atoms with Crippen molar-refractivity contribution in [2.45, 2.75) is 453 Å². The van der Waals surface area contributed by atoms with Gasteiger partial charge in [0, 0.05) is 45.1 Å². The second-order valence-electron chi connectivity index (χ2n) is 39.0. The van der Waals surface area contributed by atoms with Crippen LogP contribution in [0.15, 0.2) is 4.99 Å². The number of hydrogen-bond acceptors (Lipinski definition) is 13. The first-order valence-corrected chi connectivity index (χ1v) is 55.6. The minimum Gasteiger partial charge on any atom is -1.00 e. The minimum absolute atomic E-state index is 0. The van der Waals surface area contributed by atoms with E-state index in [1.807, 2.05) is 7.05 Å². The maximum atomic E-state index is 8.56. The Bertz CT molecular complexity index is 2280. The summed E-state index contributed by atoms with van der Waals surface area (Å²) in [5.41, 5.74) is 8.94. The van der Waals surface area contributed by atoms with Gasteiger partial charge in [-0.3, -0.25) is 18.8 Å². The van der Waals surface area contributed by atoms with Crippen molar-refractivity contribution < 1.29 is 132 Å². The number of guanidine groups is 2. The SMILES string of the molecule is CCCCCCCCCCCCCCCCC[N+](C)(C)C.CCCCCCCCCCCCCCCC[N+](C)(C)C.CCCCCCCCCCCCN(C)C(=NC)N(C)C.CCCCCCCCCCC[CH2][Na].CCCC[N+](CCCC)(CCCC)CCCC.CC[N+](CC)(CC)CC.C[N+](C)(C)C.N=C(N)N.O=C(O)O.O=C(O)O.O=C(O)O.O=C(O)O.O=C([O-])[O-].O=S(=O)([O-])[O-].[Br-]. The Kier molecular flexibility index (Phi) is 159. The number of unbranched alkanes of at least 4 members (excludes halogenated alkanes) is 49. The quantitative estimate of drug-likeness (QED) is 0.00512. The summed E-state index contributed by atoms with van der Waals surface area (Å²) in [5.74, 6) is 0.737. The Morgan fingerprint density at radius 1 is 0.319 bits per heavy atom. The van der Waals surface area contributed by atoms with E-state index in [0.717, 1.165) is 26.0 Å². The smallest absolute Gasteiger partial charge is 0.503 e. The molecule has 0 aliphatic carbocycles. The van der Waals surface area contributed by atoms with Crippen LogP contribution in [-0.2, 0) is 10.4 Å². The number of hydrogen-bond donors (Lipinski definition) is 11. The van der Waals surface area contributed by atoms with E-state index >= 15 is 0 Å². The van der Waals surface area contributed by atoms with Crippen LogP contribution in [0.4, 0.5) is 24.0 Å². The van der Waals surface area contributed by atoms with Crippen LogP contribution >= 0.6 is 0 Å². The molecular formula is C102H229BrN11NaO19S. The zero-order chi connectivity index (χ0) is 107. The molecule has 0 unspecified atom stereocenters. The molecule has 0 amide bonds. The Balaban J connectivity index is -0.0000000925. The number of rotatable bonds is 68. The van der Waals surface area contributed by atoms with E-state index in [1.165, 1.54) is 472 Å². The monoisotopic (exact) mass is 2050 g/mol. The van der Waals surface area contributed by atoms with Gasteiger partial charge in [-0.05, 0) is 91.6 Å². The second kappa shape index (κ2) is 130. The Labute approximate surface area is 862 Å². The molecule has 0 aromatic carbocycles. The average Bonchev–Trinajstić information content (AvgIpc) is 0.871. The molecule has 0 saturated heterocycles. The molecule has 0 bridgehead atoms. The molecule has 135 heavy (non-hydrogen) atoms. The van der Waals surface area contributed by atoms with Crippen LogP contribution in [0, 0.1) is 5.41 Å². The van der Waals surface area contributed by atoms with E-state index in [0.29, 0.717) is 0 Å². The third kappa shape index (κ3) is 236. The van der Waals surface area contributed by atoms with Gasteiger partial charge in [0.2, 0.25) is 0 Å². The van der Waals surface area contributed by atoms with Gasteiger partial charge in [-0.1, -0.05) is 292 Å². The second-order valence-corrected chi connectivity index (χ2v) is 40.8. The fourth-order valence-corrected chi connectivity index (χ4v) is 14.6. The number of nitrogens with two attached hydrogens (primary N) is 2. The van der Waals surface area contributed by atoms with Crippen molar-refractivity contribution in [3.05, 3.63) is 0 Å². The maximum absolute atomic E-state index is 8.56. The molecule has 0 aromatic heterocycles. The van der Waals surface area contributed by atoms with Gasteiger partial charge in [-0.2, -0.15) is 0 Å². The van der Waals surface area contributed by atoms with Crippen molar-refractivity contribution in [2.24, 2.45) is 16.5 Å². The number of nitrogens with zero attached hydrogens (tertiary/aromatic N) is 8. The van der Waals surface area contributed by atoms with Gasteiger partial charge in [0.15, 0.2) is 11.9 Å². The number of quaternary nitrogens is 5. The topological polar surface area (TPSA) is 468 Å². The molecule has 0 aliphatic heterocycles. The van der Waals surface area contributed by atoms with Crippen molar-refractivity contribution in [3.63, 3.8) is 0 Å². The Morgan fingerprint density at radius 3 is 0.578 bits per heavy atom. The fraction of sp³-hybridized carbons (Fsp3) is 0.931. The third-order valence-electron chi connectivity index (χ3n) is 21.7. The molecule has 0 saturated carbocycles. The number of carboxylic acid groups (broad SMARTS) is 10. The molecule has 0 aromatic rings. The van der Waals surface area contributed by atoms with E-state index in [1.54, 1.807) is 0 Å². The van der Waals surface area contributed by atoms with Crippen LogP contribution in [0.1, 0.15) is 449 Å². The van der Waals surface area contributed by atoms with Gasteiger partial charge in [-0.15, -0.1) is 0 Å². The zero-order valence-corrected chi connectivity index (χ0v) is 97.8. The van der Waals surface area contributed by atoms with E-state index < -0.39 is 41.2 Å². The van der Waals surface area contributed by atoms with E-state index in [-0.39, 0.29) is 22.9 Å². The summed E-state index contributed by atoms with van der Waals surface area (Å²) in [5, 5.41) is 78.5. The third-order valence-corrected chi connectivity index (χ3v) is 22.4. The van der Waals surface area contributed by atoms with E-state index in [9.17, 15) is 0 Å². The van der Waals surface area contributed by atoms with Crippen LogP contribution in [0.25, 0.3) is 0 Å². The number of aliphatic imine (C=N–C) groups is 1. The molecule has 0 heterocycles. The van der Waals surface area contributed by atoms with Crippen molar-refractivity contribution in [1.82, 2.24) is 9.80 Å². The number of carbonyl (C=O) groups excluding carboxylic acids is 1. The average molecular weight is 2050 g/mol. The van der Waals surface area contributed by atoms with E-state index in [2.05, 4.69) is 201 Å². The number of halogens is 1. The minimum atomic E-state index is -5.17. The standard InChI is InChI=1S/C20H44N.C19H42N.C17H37N3.C16H36N.C12H25.C8H20N.C4H12N.CH5N3.5CH2O3.BrH.Na.H2O4S/c1-5-6-7-8-9-10-11-12-13-14-15-16-17-18-19-20-21(2,3)4;1-5-6-7-8-9-10-11-12-13-14-15-16-17-18-19-20(2,3)4;1-6-7-8-9-10-11-12-13-14-15-16-20(5)17(18-2)19(3)4;1-5-9-13-17(14-10-6-2,15-11-7-3)16-12-8-4;1-3-5-7-9-11-12-10-8-6-4-2;1-5-9(6-2,7-3)8-4;1-5(2,3)4;6*2-1(3)4;;;1-5(2,3)4/h5-20H2,1-4H3;5-19H2,1-4H3;6-16H2,1-5H3;5-16H2,1-4H3;1,3-12H2,2H3;5-8H2,1-4H3;1-4H3;(H5,2,3,4);5*(H2,2,3,4);1H;;(H2,1,2,3,4)/q2*+1;;+1;;2*+1;;;;;;;;;/p-5. The van der Waals surface area contributed by atoms with Crippen LogP contribution in [-0.4, -0.2) is 332 Å². The van der Waals surface area contributed by atoms with Gasteiger partial charge >= 0.3 is 127 Å². The van der Waals surface area contributed by atoms with Crippen molar-refractivity contribution in [2.75, 3.05) is 171 Å². The summed E-state index contributed by atoms with van der Waals surface area (Å²) >= 11 is 1.41. The van der Waals surface area contributed by atoms with Crippen LogP contribution in [0.2, 0.25) is 3.67 Å². The summed E-state index contributed by atoms with van der Waals surface area (Å²) in [4.78, 5) is 51.2. The molecular weight excluding hydrogens is 1820 g/mol. The first-order chi connectivity index (χ1) is 62.5. The Morgan fingerprint density at radius 2 is 0.459 bits per heavy atom. The summed E-state index contributed by atoms with van der Waals surface area (Å²) in [6.45, 7) is 42.2. The predicted octanol–water partition coefficient (Wildman–Crippen LogP) is 21.8. The molecule has 0 fully saturated rings. The van der Waals surface area contributed by atoms with E-state index in [4.69, 9.17) is 98.0 Å². The molecule has 0 radical (unpaired) electrons. The summed E-state index contributed by atoms with van der Waals surface area (Å²) < 4.78 is 41.5. The van der Waals surface area contributed by atoms with Crippen LogP contribution in [0.5, 0.6) is 0 Å². The van der Waals surface area contributed by atoms with Gasteiger partial charge in [0.05, 0.1) is 136 Å². The number of nitrogens with one attached hydrogen (secondary N) is 1. The largest absolute Gasteiger partial charge is 1.00 e. The Hall–Kier alpha value is -3.96. The molecule has 820 valence electrons. The first kappa shape index (κ1) is 165. The molecule has 13 N–H and O–H groups in total. The van der Waals surface area contributed by atoms with Gasteiger partial charge in [-0.25, -0.2) is 19.2 Å². The molecule has 0 aliphatic rings. The summed E-state index contributed by atoms with van der Waals surface area (Å²) in [7, 11) is 25.2. The normalized spacial score (nSPS) is 10.7. The zero-order valence-electron chi connectivity index (χ0n) is 93.4. The summed E-state index contributed by atoms with van der Waals surface area (Å²) in [6, 6.07) is 0. The number of carbonyl (C=O) groups is 5. The maximum Gasteiger partial charge on any atom is 0.503 e. The van der Waals surface area contributed by atoms with Crippen molar-refractivity contribution in [1.29, 1.82) is 5.41 Å². The summed E-state index contributed by atoms with van der Waals surface area (Å²) in [6.07, 6.45) is 72.3. The molecule has 0 spiro atoms. The fourth-order valence-electron chi connectivity index (χ4n) is 14.1. The van der Waals surface area contributed by atoms with Crippen LogP contribution < -0.4 is 38.7 Å². The predicted molar refractivity (Wildman–Crippen MR) is 565 cm³/mol. The van der Waals surface area contributed by atoms with Crippen molar-refractivity contribution >= 4 is 81.0 Å². The molecule has 0 atom stereocenters. The molecule has 33 heteroatoms. The molecule has 0 rings (SSSR count). The van der Waals surface area contributed by atoms with Crippen LogP contribution in [0.3, 0.4) is 0 Å². The molecule has 30 nitrogen and oxygen atoms in total. The van der Waals surface area contributed by atoms with Gasteiger partial charge < -0.3 is 126 Å².